The lowest BCUT2D eigenvalue weighted by atomic mass is 9.86. The summed E-state index contributed by atoms with van der Waals surface area (Å²) in [5.41, 5.74) is 1.27. The minimum absolute atomic E-state index is 0.0268. The molecule has 3 aromatic carbocycles. The van der Waals surface area contributed by atoms with Crippen LogP contribution in [-0.4, -0.2) is 19.5 Å². The molecule has 1 heterocycles. The fourth-order valence-electron chi connectivity index (χ4n) is 3.73. The van der Waals surface area contributed by atoms with Gasteiger partial charge in [-0.1, -0.05) is 60.7 Å². The molecule has 2 N–H and O–H groups in total. The van der Waals surface area contributed by atoms with E-state index in [0.717, 1.165) is 11.1 Å². The molecule has 7 heteroatoms. The molecule has 0 spiro atoms. The maximum atomic E-state index is 13.4. The van der Waals surface area contributed by atoms with Gasteiger partial charge in [-0.25, -0.2) is 13.2 Å². The number of nitrogens with one attached hydrogen (secondary N) is 1. The number of fused-ring (bicyclic) bond motifs is 1. The van der Waals surface area contributed by atoms with E-state index in [-0.39, 0.29) is 10.7 Å². The fraction of sp³-hybridized carbons (Fsp3) is 0.125. The molecule has 0 fully saturated rings. The third kappa shape index (κ3) is 3.73. The molecule has 0 radical (unpaired) electrons. The van der Waals surface area contributed by atoms with Crippen LogP contribution in [0.4, 0.5) is 0 Å². The summed E-state index contributed by atoms with van der Waals surface area (Å²) >= 11 is 0. The lowest BCUT2D eigenvalue weighted by Gasteiger charge is -2.32. The number of furan rings is 1. The lowest BCUT2D eigenvalue weighted by molar-refractivity contribution is 0.0664. The summed E-state index contributed by atoms with van der Waals surface area (Å²) in [6.07, 6.45) is 0. The summed E-state index contributed by atoms with van der Waals surface area (Å²) in [4.78, 5) is 11.4. The zero-order valence-electron chi connectivity index (χ0n) is 17.0. The highest BCUT2D eigenvalue weighted by molar-refractivity contribution is 7.89. The molecule has 1 aromatic heterocycles. The second-order valence-electron chi connectivity index (χ2n) is 7.48. The Labute approximate surface area is 180 Å². The van der Waals surface area contributed by atoms with E-state index in [1.807, 2.05) is 67.6 Å². The molecule has 0 aliphatic carbocycles. The SMILES string of the molecule is Cc1c(C(=O)O)oc2ccc(S(=O)(=O)NC(C)(c3ccccc3)c3ccccc3)cc12. The van der Waals surface area contributed by atoms with Crippen LogP contribution in [0.25, 0.3) is 11.0 Å². The minimum atomic E-state index is -3.97. The third-order valence-electron chi connectivity index (χ3n) is 5.45. The van der Waals surface area contributed by atoms with Gasteiger partial charge in [-0.2, -0.15) is 4.72 Å². The summed E-state index contributed by atoms with van der Waals surface area (Å²) in [7, 11) is -3.97. The predicted molar refractivity (Wildman–Crippen MR) is 118 cm³/mol. The predicted octanol–water partition coefficient (Wildman–Crippen LogP) is 4.68. The number of aryl methyl sites for hydroxylation is 1. The summed E-state index contributed by atoms with van der Waals surface area (Å²) in [5.74, 6) is -1.40. The molecule has 0 atom stereocenters. The molecule has 158 valence electrons. The number of carbonyl (C=O) groups is 1. The van der Waals surface area contributed by atoms with Crippen LogP contribution in [0, 0.1) is 6.92 Å². The number of sulfonamides is 1. The fourth-order valence-corrected chi connectivity index (χ4v) is 5.14. The van der Waals surface area contributed by atoms with E-state index in [0.29, 0.717) is 16.5 Å². The number of hydrogen-bond donors (Lipinski definition) is 2. The van der Waals surface area contributed by atoms with Crippen molar-refractivity contribution in [3.63, 3.8) is 0 Å². The van der Waals surface area contributed by atoms with Crippen molar-refractivity contribution in [2.75, 3.05) is 0 Å². The van der Waals surface area contributed by atoms with Gasteiger partial charge >= 0.3 is 5.97 Å². The van der Waals surface area contributed by atoms with Crippen LogP contribution in [0.5, 0.6) is 0 Å². The van der Waals surface area contributed by atoms with Gasteiger partial charge in [0, 0.05) is 10.9 Å². The average Bonchev–Trinajstić information content (AvgIpc) is 3.11. The Hall–Kier alpha value is -3.42. The molecule has 0 aliphatic rings. The van der Waals surface area contributed by atoms with E-state index >= 15 is 0 Å². The van der Waals surface area contributed by atoms with E-state index in [1.165, 1.54) is 18.2 Å². The summed E-state index contributed by atoms with van der Waals surface area (Å²) < 4.78 is 35.1. The third-order valence-corrected chi connectivity index (χ3v) is 7.00. The average molecular weight is 436 g/mol. The van der Waals surface area contributed by atoms with Crippen LogP contribution in [0.15, 0.2) is 88.2 Å². The van der Waals surface area contributed by atoms with E-state index in [2.05, 4.69) is 4.72 Å². The van der Waals surface area contributed by atoms with Gasteiger partial charge in [-0.3, -0.25) is 0 Å². The highest BCUT2D eigenvalue weighted by Crippen LogP contribution is 2.33. The molecule has 0 unspecified atom stereocenters. The molecular formula is C24H21NO5S. The monoisotopic (exact) mass is 435 g/mol. The van der Waals surface area contributed by atoms with Crippen LogP contribution in [-0.2, 0) is 15.6 Å². The maximum Gasteiger partial charge on any atom is 0.372 e. The van der Waals surface area contributed by atoms with Crippen molar-refractivity contribution in [2.45, 2.75) is 24.3 Å². The first kappa shape index (κ1) is 20.8. The normalized spacial score (nSPS) is 12.2. The largest absolute Gasteiger partial charge is 0.475 e. The van der Waals surface area contributed by atoms with Gasteiger partial charge in [-0.15, -0.1) is 0 Å². The quantitative estimate of drug-likeness (QED) is 0.458. The number of aromatic carboxylic acids is 1. The van der Waals surface area contributed by atoms with Crippen molar-refractivity contribution >= 4 is 27.0 Å². The molecule has 4 rings (SSSR count). The standard InChI is InChI=1S/C24H21NO5S/c1-16-20-15-19(13-14-21(20)30-22(16)23(26)27)31(28,29)25-24(2,17-9-5-3-6-10-17)18-11-7-4-8-12-18/h3-15,25H,1-2H3,(H,26,27). The molecule has 0 bridgehead atoms. The van der Waals surface area contributed by atoms with Crippen molar-refractivity contribution in [1.29, 1.82) is 0 Å². The Balaban J connectivity index is 1.82. The Morgan fingerprint density at radius 1 is 0.935 bits per heavy atom. The first-order chi connectivity index (χ1) is 14.7. The highest BCUT2D eigenvalue weighted by Gasteiger charge is 2.34. The van der Waals surface area contributed by atoms with Gasteiger partial charge in [0.05, 0.1) is 10.4 Å². The molecular weight excluding hydrogens is 414 g/mol. The molecule has 0 saturated heterocycles. The van der Waals surface area contributed by atoms with Crippen molar-refractivity contribution in [1.82, 2.24) is 4.72 Å². The summed E-state index contributed by atoms with van der Waals surface area (Å²) in [6.45, 7) is 3.41. The van der Waals surface area contributed by atoms with Gasteiger partial charge in [-0.05, 0) is 43.2 Å². The number of carboxylic acids is 1. The topological polar surface area (TPSA) is 96.6 Å². The first-order valence-corrected chi connectivity index (χ1v) is 11.1. The van der Waals surface area contributed by atoms with Gasteiger partial charge in [0.1, 0.15) is 5.58 Å². The number of benzene rings is 3. The zero-order valence-corrected chi connectivity index (χ0v) is 17.8. The van der Waals surface area contributed by atoms with Crippen LogP contribution >= 0.6 is 0 Å². The Bertz CT molecular complexity index is 1320. The summed E-state index contributed by atoms with van der Waals surface area (Å²) in [6, 6.07) is 23.0. The van der Waals surface area contributed by atoms with Crippen molar-refractivity contribution in [2.24, 2.45) is 0 Å². The smallest absolute Gasteiger partial charge is 0.372 e. The minimum Gasteiger partial charge on any atom is -0.475 e. The van der Waals surface area contributed by atoms with Gasteiger partial charge in [0.2, 0.25) is 15.8 Å². The first-order valence-electron chi connectivity index (χ1n) is 9.64. The van der Waals surface area contributed by atoms with Crippen LogP contribution < -0.4 is 4.72 Å². The highest BCUT2D eigenvalue weighted by atomic mass is 32.2. The van der Waals surface area contributed by atoms with Gasteiger partial charge in [0.15, 0.2) is 0 Å². The molecule has 0 saturated carbocycles. The van der Waals surface area contributed by atoms with Gasteiger partial charge < -0.3 is 9.52 Å². The zero-order chi connectivity index (χ0) is 22.2. The van der Waals surface area contributed by atoms with E-state index in [4.69, 9.17) is 4.42 Å². The molecule has 0 amide bonds. The van der Waals surface area contributed by atoms with E-state index < -0.39 is 21.5 Å². The van der Waals surface area contributed by atoms with E-state index in [9.17, 15) is 18.3 Å². The maximum absolute atomic E-state index is 13.4. The lowest BCUT2D eigenvalue weighted by Crippen LogP contribution is -2.44. The summed E-state index contributed by atoms with van der Waals surface area (Å²) in [5, 5.41) is 9.72. The van der Waals surface area contributed by atoms with Crippen molar-refractivity contribution < 1.29 is 22.7 Å². The molecule has 0 aliphatic heterocycles. The molecule has 4 aromatic rings. The van der Waals surface area contributed by atoms with Crippen LogP contribution in [0.1, 0.15) is 34.2 Å². The van der Waals surface area contributed by atoms with Gasteiger partial charge in [0.25, 0.3) is 0 Å². The van der Waals surface area contributed by atoms with Crippen LogP contribution in [0.3, 0.4) is 0 Å². The Morgan fingerprint density at radius 2 is 1.48 bits per heavy atom. The number of hydrogen-bond acceptors (Lipinski definition) is 4. The molecule has 6 nitrogen and oxygen atoms in total. The number of carboxylic acid groups (broad SMARTS) is 1. The second-order valence-corrected chi connectivity index (χ2v) is 9.16. The van der Waals surface area contributed by atoms with E-state index in [1.54, 1.807) is 6.92 Å². The number of rotatable bonds is 6. The Morgan fingerprint density at radius 3 is 2.00 bits per heavy atom. The van der Waals surface area contributed by atoms with Crippen LogP contribution in [0.2, 0.25) is 0 Å². The Kier molecular flexibility index (Phi) is 5.16. The van der Waals surface area contributed by atoms with Crippen molar-refractivity contribution in [3.05, 3.63) is 101 Å². The second kappa shape index (κ2) is 7.68. The van der Waals surface area contributed by atoms with Crippen molar-refractivity contribution in [3.8, 4) is 0 Å². The molecule has 31 heavy (non-hydrogen) atoms.